The van der Waals surface area contributed by atoms with Crippen LogP contribution in [0.1, 0.15) is 18.1 Å². The van der Waals surface area contributed by atoms with Crippen LogP contribution in [0, 0.1) is 5.82 Å². The lowest BCUT2D eigenvalue weighted by atomic mass is 10.2. The lowest BCUT2D eigenvalue weighted by Gasteiger charge is -2.15. The van der Waals surface area contributed by atoms with Crippen molar-refractivity contribution in [3.05, 3.63) is 57.8 Å². The van der Waals surface area contributed by atoms with Gasteiger partial charge in [0.25, 0.3) is 0 Å². The van der Waals surface area contributed by atoms with E-state index < -0.39 is 0 Å². The molecule has 0 unspecified atom stereocenters. The molecule has 0 aromatic heterocycles. The number of aliphatic hydroxyl groups excluding tert-OH is 1. The van der Waals surface area contributed by atoms with Crippen LogP contribution in [0.3, 0.4) is 0 Å². The smallest absolute Gasteiger partial charge is 0.162 e. The van der Waals surface area contributed by atoms with Crippen LogP contribution in [0.15, 0.2) is 40.9 Å². The van der Waals surface area contributed by atoms with Crippen molar-refractivity contribution < 1.29 is 19.0 Å². The third-order valence-electron chi connectivity index (χ3n) is 3.80. The lowest BCUT2D eigenvalue weighted by Crippen LogP contribution is -2.28. The number of hydrogen-bond acceptors (Lipinski definition) is 5. The SMILES string of the molecule is CCOc1cc(CNCCNCCO)c(Br)cc1OCc1ccc(F)cc1. The zero-order valence-corrected chi connectivity index (χ0v) is 17.0. The monoisotopic (exact) mass is 440 g/mol. The van der Waals surface area contributed by atoms with Gasteiger partial charge in [-0.2, -0.15) is 0 Å². The predicted molar refractivity (Wildman–Crippen MR) is 108 cm³/mol. The van der Waals surface area contributed by atoms with Gasteiger partial charge in [0.2, 0.25) is 0 Å². The third kappa shape index (κ3) is 7.46. The average Bonchev–Trinajstić information content (AvgIpc) is 2.67. The highest BCUT2D eigenvalue weighted by Crippen LogP contribution is 2.34. The number of ether oxygens (including phenoxy) is 2. The molecule has 0 atom stereocenters. The number of nitrogens with one attached hydrogen (secondary N) is 2. The number of rotatable bonds is 12. The predicted octanol–water partition coefficient (Wildman–Crippen LogP) is 3.24. The molecule has 0 heterocycles. The van der Waals surface area contributed by atoms with Crippen molar-refractivity contribution in [2.24, 2.45) is 0 Å². The molecule has 0 saturated carbocycles. The second-order valence-corrected chi connectivity index (χ2v) is 6.74. The van der Waals surface area contributed by atoms with Gasteiger partial charge in [-0.1, -0.05) is 28.1 Å². The average molecular weight is 441 g/mol. The van der Waals surface area contributed by atoms with Crippen molar-refractivity contribution in [1.29, 1.82) is 0 Å². The van der Waals surface area contributed by atoms with Gasteiger partial charge in [0, 0.05) is 30.7 Å². The Kier molecular flexibility index (Phi) is 9.55. The summed E-state index contributed by atoms with van der Waals surface area (Å²) in [7, 11) is 0. The molecule has 0 aliphatic heterocycles. The van der Waals surface area contributed by atoms with Crippen molar-refractivity contribution in [2.75, 3.05) is 32.8 Å². The number of halogens is 2. The molecule has 0 aliphatic rings. The first-order chi connectivity index (χ1) is 13.1. The van der Waals surface area contributed by atoms with E-state index in [1.165, 1.54) is 12.1 Å². The molecule has 0 spiro atoms. The maximum absolute atomic E-state index is 13.0. The van der Waals surface area contributed by atoms with E-state index in [9.17, 15) is 4.39 Å². The second-order valence-electron chi connectivity index (χ2n) is 5.89. The first-order valence-corrected chi connectivity index (χ1v) is 9.78. The molecule has 2 aromatic carbocycles. The molecule has 0 radical (unpaired) electrons. The fourth-order valence-electron chi connectivity index (χ4n) is 2.44. The molecule has 5 nitrogen and oxygen atoms in total. The van der Waals surface area contributed by atoms with E-state index in [0.29, 0.717) is 37.8 Å². The van der Waals surface area contributed by atoms with E-state index in [4.69, 9.17) is 14.6 Å². The minimum absolute atomic E-state index is 0.142. The van der Waals surface area contributed by atoms with Crippen LogP contribution in [-0.2, 0) is 13.2 Å². The Morgan fingerprint density at radius 2 is 1.70 bits per heavy atom. The van der Waals surface area contributed by atoms with Crippen LogP contribution in [0.25, 0.3) is 0 Å². The summed E-state index contributed by atoms with van der Waals surface area (Å²) < 4.78 is 25.6. The Hall–Kier alpha value is -1.67. The van der Waals surface area contributed by atoms with Gasteiger partial charge >= 0.3 is 0 Å². The van der Waals surface area contributed by atoms with Crippen molar-refractivity contribution in [2.45, 2.75) is 20.1 Å². The van der Waals surface area contributed by atoms with Crippen LogP contribution in [0.2, 0.25) is 0 Å². The molecule has 2 rings (SSSR count). The molecule has 27 heavy (non-hydrogen) atoms. The van der Waals surface area contributed by atoms with E-state index in [1.54, 1.807) is 12.1 Å². The maximum Gasteiger partial charge on any atom is 0.162 e. The Morgan fingerprint density at radius 1 is 1.00 bits per heavy atom. The highest BCUT2D eigenvalue weighted by Gasteiger charge is 2.11. The van der Waals surface area contributed by atoms with Crippen LogP contribution >= 0.6 is 15.9 Å². The van der Waals surface area contributed by atoms with Gasteiger partial charge in [-0.25, -0.2) is 4.39 Å². The minimum Gasteiger partial charge on any atom is -0.490 e. The minimum atomic E-state index is -0.264. The van der Waals surface area contributed by atoms with Gasteiger partial charge in [-0.15, -0.1) is 0 Å². The van der Waals surface area contributed by atoms with Crippen molar-refractivity contribution in [1.82, 2.24) is 10.6 Å². The molecule has 0 bridgehead atoms. The Balaban J connectivity index is 1.98. The Labute approximate surface area is 168 Å². The summed E-state index contributed by atoms with van der Waals surface area (Å²) in [6.45, 7) is 5.79. The van der Waals surface area contributed by atoms with E-state index in [0.717, 1.165) is 28.7 Å². The third-order valence-corrected chi connectivity index (χ3v) is 4.54. The van der Waals surface area contributed by atoms with Gasteiger partial charge in [-0.05, 0) is 42.3 Å². The molecule has 0 saturated heterocycles. The number of hydrogen-bond donors (Lipinski definition) is 3. The largest absolute Gasteiger partial charge is 0.490 e. The molecule has 0 aliphatic carbocycles. The number of benzene rings is 2. The topological polar surface area (TPSA) is 62.8 Å². The Bertz CT molecular complexity index is 698. The van der Waals surface area contributed by atoms with Crippen LogP contribution in [0.5, 0.6) is 11.5 Å². The summed E-state index contributed by atoms with van der Waals surface area (Å²) in [6.07, 6.45) is 0. The van der Waals surface area contributed by atoms with Crippen LogP contribution < -0.4 is 20.1 Å². The zero-order chi connectivity index (χ0) is 19.5. The van der Waals surface area contributed by atoms with E-state index >= 15 is 0 Å². The van der Waals surface area contributed by atoms with Gasteiger partial charge in [0.05, 0.1) is 13.2 Å². The highest BCUT2D eigenvalue weighted by atomic mass is 79.9. The summed E-state index contributed by atoms with van der Waals surface area (Å²) in [5.74, 6) is 1.05. The van der Waals surface area contributed by atoms with Gasteiger partial charge in [-0.3, -0.25) is 0 Å². The van der Waals surface area contributed by atoms with Crippen molar-refractivity contribution in [3.63, 3.8) is 0 Å². The maximum atomic E-state index is 13.0. The summed E-state index contributed by atoms with van der Waals surface area (Å²) in [5, 5.41) is 15.2. The van der Waals surface area contributed by atoms with E-state index in [-0.39, 0.29) is 12.4 Å². The molecule has 2 aromatic rings. The summed E-state index contributed by atoms with van der Waals surface area (Å²) in [5.41, 5.74) is 1.95. The summed E-state index contributed by atoms with van der Waals surface area (Å²) in [6, 6.07) is 10.1. The molecule has 3 N–H and O–H groups in total. The van der Waals surface area contributed by atoms with Gasteiger partial charge in [0.1, 0.15) is 12.4 Å². The van der Waals surface area contributed by atoms with E-state index in [2.05, 4.69) is 26.6 Å². The Morgan fingerprint density at radius 3 is 2.41 bits per heavy atom. The molecule has 148 valence electrons. The van der Waals surface area contributed by atoms with Crippen LogP contribution in [-0.4, -0.2) is 38.0 Å². The van der Waals surface area contributed by atoms with Crippen molar-refractivity contribution >= 4 is 15.9 Å². The number of aliphatic hydroxyl groups is 1. The molecular weight excluding hydrogens is 415 g/mol. The standard InChI is InChI=1S/C20H26BrFN2O3/c1-2-26-19-11-16(13-24-8-7-23-9-10-25)18(21)12-20(19)27-14-15-3-5-17(22)6-4-15/h3-6,11-12,23-25H,2,7-10,13-14H2,1H3. The van der Waals surface area contributed by atoms with E-state index in [1.807, 2.05) is 19.1 Å². The zero-order valence-electron chi connectivity index (χ0n) is 15.4. The second kappa shape index (κ2) is 11.9. The van der Waals surface area contributed by atoms with Crippen molar-refractivity contribution in [3.8, 4) is 11.5 Å². The summed E-state index contributed by atoms with van der Waals surface area (Å²) in [4.78, 5) is 0. The van der Waals surface area contributed by atoms with Gasteiger partial charge < -0.3 is 25.2 Å². The fraction of sp³-hybridized carbons (Fsp3) is 0.400. The molecular formula is C20H26BrFN2O3. The first-order valence-electron chi connectivity index (χ1n) is 8.98. The van der Waals surface area contributed by atoms with Crippen LogP contribution in [0.4, 0.5) is 4.39 Å². The normalized spacial score (nSPS) is 10.8. The lowest BCUT2D eigenvalue weighted by molar-refractivity contribution is 0.268. The molecule has 7 heteroatoms. The summed E-state index contributed by atoms with van der Waals surface area (Å²) >= 11 is 3.59. The first kappa shape index (κ1) is 21.6. The fourth-order valence-corrected chi connectivity index (χ4v) is 2.90. The highest BCUT2D eigenvalue weighted by molar-refractivity contribution is 9.10. The quantitative estimate of drug-likeness (QED) is 0.442. The van der Waals surface area contributed by atoms with Gasteiger partial charge in [0.15, 0.2) is 11.5 Å². The molecule has 0 fully saturated rings. The molecule has 0 amide bonds.